The maximum atomic E-state index is 12.7. The Kier molecular flexibility index (Phi) is 5.01. The summed E-state index contributed by atoms with van der Waals surface area (Å²) in [7, 11) is 0. The molecule has 1 fully saturated rings. The Morgan fingerprint density at radius 2 is 2.00 bits per heavy atom. The molecule has 0 spiro atoms. The molecule has 4 nitrogen and oxygen atoms in total. The maximum Gasteiger partial charge on any atom is 0.330 e. The summed E-state index contributed by atoms with van der Waals surface area (Å²) >= 11 is 0. The van der Waals surface area contributed by atoms with Crippen LogP contribution >= 0.6 is 0 Å². The standard InChI is InChI=1S/C17H26N2O2/c1-5-21-16(20)17(4,19-10-8-18-9-11-19)15-7-6-13(2)12-14(15)3/h6-7,12,18H,5,8-11H2,1-4H3. The zero-order valence-electron chi connectivity index (χ0n) is 13.5. The number of piperazine rings is 1. The van der Waals surface area contributed by atoms with Crippen molar-refractivity contribution < 1.29 is 9.53 Å². The number of hydrogen-bond donors (Lipinski definition) is 1. The monoisotopic (exact) mass is 290 g/mol. The van der Waals surface area contributed by atoms with Gasteiger partial charge >= 0.3 is 5.97 Å². The van der Waals surface area contributed by atoms with E-state index in [0.717, 1.165) is 37.3 Å². The highest BCUT2D eigenvalue weighted by Crippen LogP contribution is 2.33. The normalized spacial score (nSPS) is 19.0. The lowest BCUT2D eigenvalue weighted by molar-refractivity contribution is -0.158. The van der Waals surface area contributed by atoms with Crippen LogP contribution in [-0.4, -0.2) is 43.7 Å². The largest absolute Gasteiger partial charge is 0.464 e. The number of aryl methyl sites for hydroxylation is 2. The number of esters is 1. The molecule has 1 N–H and O–H groups in total. The van der Waals surface area contributed by atoms with E-state index < -0.39 is 5.54 Å². The molecule has 21 heavy (non-hydrogen) atoms. The van der Waals surface area contributed by atoms with Crippen LogP contribution in [0.1, 0.15) is 30.5 Å². The van der Waals surface area contributed by atoms with Crippen molar-refractivity contribution in [2.24, 2.45) is 0 Å². The quantitative estimate of drug-likeness (QED) is 0.861. The molecule has 1 aliphatic rings. The van der Waals surface area contributed by atoms with E-state index in [4.69, 9.17) is 4.74 Å². The lowest BCUT2D eigenvalue weighted by atomic mass is 9.85. The third-order valence-corrected chi connectivity index (χ3v) is 4.33. The molecule has 1 aromatic rings. The van der Waals surface area contributed by atoms with E-state index in [0.29, 0.717) is 6.61 Å². The number of nitrogens with zero attached hydrogens (tertiary/aromatic N) is 1. The van der Waals surface area contributed by atoms with Crippen LogP contribution in [0, 0.1) is 13.8 Å². The van der Waals surface area contributed by atoms with E-state index in [2.05, 4.69) is 42.3 Å². The third kappa shape index (κ3) is 3.11. The van der Waals surface area contributed by atoms with Crippen LogP contribution in [-0.2, 0) is 15.1 Å². The molecular weight excluding hydrogens is 264 g/mol. The first-order valence-corrected chi connectivity index (χ1v) is 7.71. The highest BCUT2D eigenvalue weighted by Gasteiger charge is 2.43. The lowest BCUT2D eigenvalue weighted by Gasteiger charge is -2.42. The Balaban J connectivity index is 2.45. The molecule has 0 radical (unpaired) electrons. The van der Waals surface area contributed by atoms with Gasteiger partial charge in [0, 0.05) is 26.2 Å². The van der Waals surface area contributed by atoms with Gasteiger partial charge in [0.1, 0.15) is 5.54 Å². The van der Waals surface area contributed by atoms with E-state index in [1.165, 1.54) is 5.56 Å². The summed E-state index contributed by atoms with van der Waals surface area (Å²) in [6.07, 6.45) is 0. The summed E-state index contributed by atoms with van der Waals surface area (Å²) in [4.78, 5) is 15.0. The number of carbonyl (C=O) groups is 1. The molecule has 1 aromatic carbocycles. The Labute approximate surface area is 127 Å². The predicted molar refractivity (Wildman–Crippen MR) is 84.3 cm³/mol. The molecule has 0 saturated carbocycles. The highest BCUT2D eigenvalue weighted by atomic mass is 16.5. The molecular formula is C17H26N2O2. The maximum absolute atomic E-state index is 12.7. The second kappa shape index (κ2) is 6.58. The summed E-state index contributed by atoms with van der Waals surface area (Å²) in [5.74, 6) is -0.154. The van der Waals surface area contributed by atoms with Crippen molar-refractivity contribution in [2.45, 2.75) is 33.2 Å². The molecule has 0 aromatic heterocycles. The van der Waals surface area contributed by atoms with Gasteiger partial charge in [-0.1, -0.05) is 23.8 Å². The van der Waals surface area contributed by atoms with E-state index in [1.54, 1.807) is 0 Å². The minimum absolute atomic E-state index is 0.154. The van der Waals surface area contributed by atoms with Gasteiger partial charge in [-0.25, -0.2) is 4.79 Å². The Hall–Kier alpha value is -1.39. The number of carbonyl (C=O) groups excluding carboxylic acids is 1. The van der Waals surface area contributed by atoms with Gasteiger partial charge in [-0.15, -0.1) is 0 Å². The van der Waals surface area contributed by atoms with E-state index in [-0.39, 0.29) is 5.97 Å². The van der Waals surface area contributed by atoms with Crippen molar-refractivity contribution in [2.75, 3.05) is 32.8 Å². The first-order chi connectivity index (χ1) is 10.00. The van der Waals surface area contributed by atoms with Crippen LogP contribution < -0.4 is 5.32 Å². The van der Waals surface area contributed by atoms with Crippen LogP contribution in [0.15, 0.2) is 18.2 Å². The zero-order chi connectivity index (χ0) is 15.5. The number of benzene rings is 1. The Bertz CT molecular complexity index is 510. The first-order valence-electron chi connectivity index (χ1n) is 7.71. The number of nitrogens with one attached hydrogen (secondary N) is 1. The van der Waals surface area contributed by atoms with Gasteiger partial charge < -0.3 is 10.1 Å². The van der Waals surface area contributed by atoms with Crippen molar-refractivity contribution in [1.82, 2.24) is 10.2 Å². The average Bonchev–Trinajstić information content (AvgIpc) is 2.47. The van der Waals surface area contributed by atoms with Crippen LogP contribution in [0.2, 0.25) is 0 Å². The number of ether oxygens (including phenoxy) is 1. The number of rotatable bonds is 4. The van der Waals surface area contributed by atoms with E-state index in [9.17, 15) is 4.79 Å². The molecule has 1 unspecified atom stereocenters. The highest BCUT2D eigenvalue weighted by molar-refractivity contribution is 5.82. The lowest BCUT2D eigenvalue weighted by Crippen LogP contribution is -2.57. The van der Waals surface area contributed by atoms with Gasteiger partial charge in [0.05, 0.1) is 6.61 Å². The van der Waals surface area contributed by atoms with Gasteiger partial charge in [0.2, 0.25) is 0 Å². The van der Waals surface area contributed by atoms with E-state index in [1.807, 2.05) is 13.8 Å². The summed E-state index contributed by atoms with van der Waals surface area (Å²) in [6.45, 7) is 11.9. The first kappa shape index (κ1) is 16.0. The van der Waals surface area contributed by atoms with Crippen LogP contribution in [0.3, 0.4) is 0 Å². The zero-order valence-corrected chi connectivity index (χ0v) is 13.5. The fourth-order valence-electron chi connectivity index (χ4n) is 3.15. The molecule has 1 saturated heterocycles. The second-order valence-corrected chi connectivity index (χ2v) is 5.85. The van der Waals surface area contributed by atoms with Gasteiger partial charge in [0.15, 0.2) is 0 Å². The summed E-state index contributed by atoms with van der Waals surface area (Å²) in [5, 5.41) is 3.34. The minimum atomic E-state index is -0.712. The third-order valence-electron chi connectivity index (χ3n) is 4.33. The summed E-state index contributed by atoms with van der Waals surface area (Å²) in [6, 6.07) is 6.28. The van der Waals surface area contributed by atoms with Gasteiger partial charge in [-0.3, -0.25) is 4.90 Å². The average molecular weight is 290 g/mol. The van der Waals surface area contributed by atoms with Crippen molar-refractivity contribution in [3.05, 3.63) is 34.9 Å². The molecule has 1 aliphatic heterocycles. The molecule has 0 aliphatic carbocycles. The molecule has 0 bridgehead atoms. The van der Waals surface area contributed by atoms with Crippen molar-refractivity contribution >= 4 is 5.97 Å². The summed E-state index contributed by atoms with van der Waals surface area (Å²) < 4.78 is 5.40. The molecule has 1 heterocycles. The summed E-state index contributed by atoms with van der Waals surface area (Å²) in [5.41, 5.74) is 2.69. The predicted octanol–water partition coefficient (Wildman–Crippen LogP) is 1.99. The van der Waals surface area contributed by atoms with Crippen LogP contribution in [0.5, 0.6) is 0 Å². The fraction of sp³-hybridized carbons (Fsp3) is 0.588. The SMILES string of the molecule is CCOC(=O)C(C)(c1ccc(C)cc1C)N1CCNCC1. The van der Waals surface area contributed by atoms with Crippen LogP contribution in [0.4, 0.5) is 0 Å². The van der Waals surface area contributed by atoms with Crippen LogP contribution in [0.25, 0.3) is 0 Å². The smallest absolute Gasteiger partial charge is 0.330 e. The van der Waals surface area contributed by atoms with E-state index >= 15 is 0 Å². The van der Waals surface area contributed by atoms with Crippen molar-refractivity contribution in [1.29, 1.82) is 0 Å². The topological polar surface area (TPSA) is 41.6 Å². The molecule has 1 atom stereocenters. The Morgan fingerprint density at radius 3 is 2.57 bits per heavy atom. The second-order valence-electron chi connectivity index (χ2n) is 5.85. The Morgan fingerprint density at radius 1 is 1.33 bits per heavy atom. The fourth-order valence-corrected chi connectivity index (χ4v) is 3.15. The van der Waals surface area contributed by atoms with Gasteiger partial charge in [-0.2, -0.15) is 0 Å². The van der Waals surface area contributed by atoms with Crippen molar-refractivity contribution in [3.63, 3.8) is 0 Å². The van der Waals surface area contributed by atoms with Gasteiger partial charge in [-0.05, 0) is 38.8 Å². The molecule has 116 valence electrons. The number of hydrogen-bond acceptors (Lipinski definition) is 4. The molecule has 0 amide bonds. The van der Waals surface area contributed by atoms with Crippen molar-refractivity contribution in [3.8, 4) is 0 Å². The molecule has 4 heteroatoms. The molecule has 2 rings (SSSR count). The minimum Gasteiger partial charge on any atom is -0.464 e. The van der Waals surface area contributed by atoms with Gasteiger partial charge in [0.25, 0.3) is 0 Å².